The van der Waals surface area contributed by atoms with Gasteiger partial charge in [0.25, 0.3) is 0 Å². The van der Waals surface area contributed by atoms with Crippen LogP contribution in [0.4, 0.5) is 5.69 Å². The number of hydrogen-bond donors (Lipinski definition) is 3. The van der Waals surface area contributed by atoms with Crippen LogP contribution in [0.2, 0.25) is 0 Å². The standard InChI is InChI=1S/C21H34N4O2.HI/c1-15(10-11-21(2,3)4)24-20(22-5)23-12-13-27-17-7-8-18-16(14-17)6-9-19(26)25-18;/h7-8,14-15H,6,9-13H2,1-5H3,(H,25,26)(H2,22,23,24);1H. The summed E-state index contributed by atoms with van der Waals surface area (Å²) in [5, 5.41) is 9.60. The van der Waals surface area contributed by atoms with Crippen molar-refractivity contribution in [3.8, 4) is 5.75 Å². The minimum atomic E-state index is 0. The molecule has 28 heavy (non-hydrogen) atoms. The van der Waals surface area contributed by atoms with Gasteiger partial charge >= 0.3 is 0 Å². The Morgan fingerprint density at radius 3 is 2.75 bits per heavy atom. The molecule has 1 heterocycles. The van der Waals surface area contributed by atoms with E-state index in [2.05, 4.69) is 48.6 Å². The fourth-order valence-corrected chi connectivity index (χ4v) is 2.94. The number of guanidine groups is 1. The fraction of sp³-hybridized carbons (Fsp3) is 0.619. The van der Waals surface area contributed by atoms with Crippen LogP contribution in [0.15, 0.2) is 23.2 Å². The number of amides is 1. The Balaban J connectivity index is 0.00000392. The van der Waals surface area contributed by atoms with Crippen molar-refractivity contribution < 1.29 is 9.53 Å². The summed E-state index contributed by atoms with van der Waals surface area (Å²) in [6.45, 7) is 10.2. The third kappa shape index (κ3) is 8.67. The van der Waals surface area contributed by atoms with Crippen LogP contribution in [-0.2, 0) is 11.2 Å². The molecular weight excluding hydrogens is 467 g/mol. The van der Waals surface area contributed by atoms with Gasteiger partial charge in [0.2, 0.25) is 5.91 Å². The van der Waals surface area contributed by atoms with Crippen molar-refractivity contribution in [2.45, 2.75) is 59.4 Å². The second-order valence-electron chi connectivity index (χ2n) is 8.36. The number of halogens is 1. The molecule has 7 heteroatoms. The summed E-state index contributed by atoms with van der Waals surface area (Å²) in [6.07, 6.45) is 3.57. The Morgan fingerprint density at radius 2 is 2.07 bits per heavy atom. The van der Waals surface area contributed by atoms with Gasteiger partial charge in [-0.15, -0.1) is 24.0 Å². The number of hydrogen-bond acceptors (Lipinski definition) is 3. The van der Waals surface area contributed by atoms with Gasteiger partial charge in [0.1, 0.15) is 12.4 Å². The van der Waals surface area contributed by atoms with Gasteiger partial charge in [-0.05, 0) is 55.4 Å². The fourth-order valence-electron chi connectivity index (χ4n) is 2.94. The highest BCUT2D eigenvalue weighted by molar-refractivity contribution is 14.0. The summed E-state index contributed by atoms with van der Waals surface area (Å²) in [7, 11) is 1.78. The largest absolute Gasteiger partial charge is 0.492 e. The van der Waals surface area contributed by atoms with Crippen molar-refractivity contribution in [3.05, 3.63) is 23.8 Å². The molecule has 1 unspecified atom stereocenters. The van der Waals surface area contributed by atoms with Crippen LogP contribution in [-0.4, -0.2) is 38.1 Å². The van der Waals surface area contributed by atoms with E-state index in [-0.39, 0.29) is 29.9 Å². The highest BCUT2D eigenvalue weighted by Crippen LogP contribution is 2.26. The van der Waals surface area contributed by atoms with Crippen molar-refractivity contribution in [2.24, 2.45) is 10.4 Å². The molecule has 1 atom stereocenters. The van der Waals surface area contributed by atoms with Crippen LogP contribution in [0.3, 0.4) is 0 Å². The Labute approximate surface area is 186 Å². The van der Waals surface area contributed by atoms with Crippen LogP contribution in [0.5, 0.6) is 5.75 Å². The molecule has 0 aromatic heterocycles. The van der Waals surface area contributed by atoms with Crippen LogP contribution < -0.4 is 20.7 Å². The lowest BCUT2D eigenvalue weighted by Gasteiger charge is -2.23. The van der Waals surface area contributed by atoms with Crippen LogP contribution in [0, 0.1) is 5.41 Å². The first-order valence-electron chi connectivity index (χ1n) is 9.79. The molecule has 0 aliphatic carbocycles. The minimum Gasteiger partial charge on any atom is -0.492 e. The predicted molar refractivity (Wildman–Crippen MR) is 127 cm³/mol. The van der Waals surface area contributed by atoms with Crippen molar-refractivity contribution in [3.63, 3.8) is 0 Å². The lowest BCUT2D eigenvalue weighted by Crippen LogP contribution is -2.43. The average Bonchev–Trinajstić information content (AvgIpc) is 2.62. The second-order valence-corrected chi connectivity index (χ2v) is 8.36. The minimum absolute atomic E-state index is 0. The molecule has 1 aromatic carbocycles. The predicted octanol–water partition coefficient (Wildman–Crippen LogP) is 3.95. The van der Waals surface area contributed by atoms with Gasteiger partial charge in [0.15, 0.2) is 5.96 Å². The first kappa shape index (κ1) is 24.5. The Bertz CT molecular complexity index is 671. The van der Waals surface area contributed by atoms with Crippen molar-refractivity contribution in [1.29, 1.82) is 0 Å². The number of carbonyl (C=O) groups excluding carboxylic acids is 1. The maximum absolute atomic E-state index is 11.4. The summed E-state index contributed by atoms with van der Waals surface area (Å²) in [4.78, 5) is 15.7. The van der Waals surface area contributed by atoms with E-state index in [0.717, 1.165) is 35.8 Å². The highest BCUT2D eigenvalue weighted by Gasteiger charge is 2.15. The van der Waals surface area contributed by atoms with E-state index >= 15 is 0 Å². The summed E-state index contributed by atoms with van der Waals surface area (Å²) < 4.78 is 5.83. The first-order valence-corrected chi connectivity index (χ1v) is 9.79. The van der Waals surface area contributed by atoms with Gasteiger partial charge in [-0.25, -0.2) is 0 Å². The van der Waals surface area contributed by atoms with Crippen molar-refractivity contribution >= 4 is 41.5 Å². The quantitative estimate of drug-likeness (QED) is 0.229. The third-order valence-electron chi connectivity index (χ3n) is 4.57. The van der Waals surface area contributed by atoms with Crippen molar-refractivity contribution in [1.82, 2.24) is 10.6 Å². The summed E-state index contributed by atoms with van der Waals surface area (Å²) in [6, 6.07) is 6.18. The molecule has 1 aliphatic rings. The monoisotopic (exact) mass is 502 g/mol. The molecule has 1 amide bonds. The Kier molecular flexibility index (Phi) is 10.1. The number of fused-ring (bicyclic) bond motifs is 1. The van der Waals surface area contributed by atoms with Gasteiger partial charge in [-0.3, -0.25) is 9.79 Å². The zero-order chi connectivity index (χ0) is 19.9. The number of nitrogens with one attached hydrogen (secondary N) is 3. The molecule has 2 rings (SSSR count). The average molecular weight is 502 g/mol. The maximum atomic E-state index is 11.4. The first-order chi connectivity index (χ1) is 12.8. The topological polar surface area (TPSA) is 74.8 Å². The Morgan fingerprint density at radius 1 is 1.32 bits per heavy atom. The van der Waals surface area contributed by atoms with Crippen LogP contribution in [0.25, 0.3) is 0 Å². The third-order valence-corrected chi connectivity index (χ3v) is 4.57. The number of ether oxygens (including phenoxy) is 1. The van der Waals surface area contributed by atoms with E-state index in [0.29, 0.717) is 31.0 Å². The maximum Gasteiger partial charge on any atom is 0.224 e. The molecule has 0 saturated carbocycles. The van der Waals surface area contributed by atoms with Crippen LogP contribution in [0.1, 0.15) is 52.5 Å². The Hall–Kier alpha value is -1.51. The number of carbonyl (C=O) groups is 1. The number of aryl methyl sites for hydroxylation is 1. The van der Waals surface area contributed by atoms with E-state index in [1.807, 2.05) is 18.2 Å². The van der Waals surface area contributed by atoms with Crippen LogP contribution >= 0.6 is 24.0 Å². The van der Waals surface area contributed by atoms with E-state index in [9.17, 15) is 4.79 Å². The molecule has 0 saturated heterocycles. The summed E-state index contributed by atoms with van der Waals surface area (Å²) in [5.74, 6) is 1.71. The van der Waals surface area contributed by atoms with E-state index in [1.165, 1.54) is 6.42 Å². The van der Waals surface area contributed by atoms with E-state index < -0.39 is 0 Å². The number of benzene rings is 1. The lowest BCUT2D eigenvalue weighted by atomic mass is 9.89. The molecule has 0 fully saturated rings. The normalized spacial score (nSPS) is 15.0. The zero-order valence-electron chi connectivity index (χ0n) is 17.7. The molecule has 0 spiro atoms. The number of rotatable bonds is 7. The molecule has 1 aliphatic heterocycles. The molecule has 6 nitrogen and oxygen atoms in total. The SMILES string of the molecule is CN=C(NCCOc1ccc2c(c1)CCC(=O)N2)NC(C)CCC(C)(C)C.I. The molecule has 0 bridgehead atoms. The van der Waals surface area contributed by atoms with Gasteiger partial charge in [-0.2, -0.15) is 0 Å². The molecular formula is C21H35IN4O2. The lowest BCUT2D eigenvalue weighted by molar-refractivity contribution is -0.116. The number of anilines is 1. The summed E-state index contributed by atoms with van der Waals surface area (Å²) in [5.41, 5.74) is 2.37. The van der Waals surface area contributed by atoms with Gasteiger partial charge < -0.3 is 20.7 Å². The number of nitrogens with zero attached hydrogens (tertiary/aromatic N) is 1. The highest BCUT2D eigenvalue weighted by atomic mass is 127. The zero-order valence-corrected chi connectivity index (χ0v) is 20.1. The molecule has 1 aromatic rings. The van der Waals surface area contributed by atoms with Gasteiger partial charge in [0, 0.05) is 25.2 Å². The van der Waals surface area contributed by atoms with Gasteiger partial charge in [0.05, 0.1) is 6.54 Å². The van der Waals surface area contributed by atoms with E-state index in [1.54, 1.807) is 7.05 Å². The molecule has 3 N–H and O–H groups in total. The number of aliphatic imine (C=N–C) groups is 1. The molecule has 158 valence electrons. The molecule has 0 radical (unpaired) electrons. The van der Waals surface area contributed by atoms with E-state index in [4.69, 9.17) is 4.74 Å². The summed E-state index contributed by atoms with van der Waals surface area (Å²) >= 11 is 0. The second kappa shape index (κ2) is 11.5. The van der Waals surface area contributed by atoms with Gasteiger partial charge in [-0.1, -0.05) is 20.8 Å². The smallest absolute Gasteiger partial charge is 0.224 e. The van der Waals surface area contributed by atoms with Crippen molar-refractivity contribution in [2.75, 3.05) is 25.5 Å².